The summed E-state index contributed by atoms with van der Waals surface area (Å²) in [6, 6.07) is 8.18. The fourth-order valence-electron chi connectivity index (χ4n) is 3.64. The van der Waals surface area contributed by atoms with Crippen molar-refractivity contribution in [3.05, 3.63) is 60.4 Å². The number of nitrogens with zero attached hydrogens (tertiary/aromatic N) is 6. The van der Waals surface area contributed by atoms with Crippen LogP contribution >= 0.6 is 0 Å². The molecular weight excluding hydrogens is 406 g/mol. The molecular formula is C23H27N7O2. The number of nitrogens with two attached hydrogens (primary N) is 1. The number of rotatable bonds is 7. The van der Waals surface area contributed by atoms with Crippen molar-refractivity contribution in [2.45, 2.75) is 45.8 Å². The van der Waals surface area contributed by atoms with Gasteiger partial charge in [-0.2, -0.15) is 10.1 Å². The molecule has 1 aromatic carbocycles. The van der Waals surface area contributed by atoms with Crippen LogP contribution in [-0.4, -0.2) is 40.6 Å². The van der Waals surface area contributed by atoms with Crippen molar-refractivity contribution in [2.75, 3.05) is 5.73 Å². The normalized spacial score (nSPS) is 12.9. The Hall–Kier alpha value is -3.59. The lowest BCUT2D eigenvalue weighted by atomic mass is 9.87. The average molecular weight is 434 g/mol. The Bertz CT molecular complexity index is 1170. The van der Waals surface area contributed by atoms with Crippen LogP contribution in [0.25, 0.3) is 22.6 Å². The molecule has 3 heterocycles. The van der Waals surface area contributed by atoms with Gasteiger partial charge < -0.3 is 15.4 Å². The smallest absolute Gasteiger partial charge is 0.261 e. The van der Waals surface area contributed by atoms with Crippen molar-refractivity contribution < 1.29 is 9.63 Å². The molecule has 0 aliphatic rings. The number of hydrogen-bond acceptors (Lipinski definition) is 8. The van der Waals surface area contributed by atoms with Crippen molar-refractivity contribution in [3.8, 4) is 22.6 Å². The highest BCUT2D eigenvalue weighted by molar-refractivity contribution is 5.62. The van der Waals surface area contributed by atoms with Crippen molar-refractivity contribution in [3.63, 3.8) is 0 Å². The van der Waals surface area contributed by atoms with Crippen LogP contribution in [0.2, 0.25) is 0 Å². The summed E-state index contributed by atoms with van der Waals surface area (Å²) in [6.45, 7) is 8.09. The molecule has 3 aromatic heterocycles. The Balaban J connectivity index is 1.57. The second-order valence-electron chi connectivity index (χ2n) is 8.87. The van der Waals surface area contributed by atoms with Gasteiger partial charge in [0.25, 0.3) is 5.89 Å². The van der Waals surface area contributed by atoms with Gasteiger partial charge in [0, 0.05) is 30.1 Å². The van der Waals surface area contributed by atoms with Gasteiger partial charge in [-0.05, 0) is 30.9 Å². The summed E-state index contributed by atoms with van der Waals surface area (Å²) in [4.78, 5) is 12.8. The maximum atomic E-state index is 9.99. The number of hydrogen-bond donors (Lipinski definition) is 2. The van der Waals surface area contributed by atoms with Crippen LogP contribution in [-0.2, 0) is 6.54 Å². The van der Waals surface area contributed by atoms with Crippen LogP contribution in [0.5, 0.6) is 0 Å². The molecule has 0 bridgehead atoms. The van der Waals surface area contributed by atoms with Gasteiger partial charge in [-0.25, -0.2) is 9.97 Å². The van der Waals surface area contributed by atoms with E-state index in [1.807, 2.05) is 12.1 Å². The number of nitrogen functional groups attached to an aromatic ring is 1. The second-order valence-corrected chi connectivity index (χ2v) is 8.87. The highest BCUT2D eigenvalue weighted by Crippen LogP contribution is 2.32. The molecule has 0 aliphatic carbocycles. The molecule has 3 N–H and O–H groups in total. The molecule has 1 unspecified atom stereocenters. The Labute approximate surface area is 186 Å². The van der Waals surface area contributed by atoms with Gasteiger partial charge in [0.15, 0.2) is 5.82 Å². The highest BCUT2D eigenvalue weighted by atomic mass is 16.5. The SMILES string of the molecule is CC(C)C(c1ccc(-c2cnc(N)nc2)cc1)c1noc(-c2cnn(CC(C)(C)O)c2)n1. The minimum absolute atomic E-state index is 0.0318. The number of anilines is 1. The zero-order valence-corrected chi connectivity index (χ0v) is 18.6. The largest absolute Gasteiger partial charge is 0.389 e. The molecule has 9 heteroatoms. The van der Waals surface area contributed by atoms with E-state index in [0.29, 0.717) is 23.8 Å². The lowest BCUT2D eigenvalue weighted by Gasteiger charge is -2.18. The third-order valence-corrected chi connectivity index (χ3v) is 5.09. The molecule has 9 nitrogen and oxygen atoms in total. The highest BCUT2D eigenvalue weighted by Gasteiger charge is 2.25. The summed E-state index contributed by atoms with van der Waals surface area (Å²) in [5.74, 6) is 1.50. The maximum Gasteiger partial charge on any atom is 0.261 e. The molecule has 0 spiro atoms. The summed E-state index contributed by atoms with van der Waals surface area (Å²) in [5.41, 5.74) is 8.42. The molecule has 0 fully saturated rings. The molecule has 0 aliphatic heterocycles. The topological polar surface area (TPSA) is 129 Å². The summed E-state index contributed by atoms with van der Waals surface area (Å²) >= 11 is 0. The van der Waals surface area contributed by atoms with Gasteiger partial charge >= 0.3 is 0 Å². The molecule has 166 valence electrons. The first-order valence-electron chi connectivity index (χ1n) is 10.5. The Morgan fingerprint density at radius 3 is 2.34 bits per heavy atom. The van der Waals surface area contributed by atoms with Crippen molar-refractivity contribution in [1.29, 1.82) is 0 Å². The van der Waals surface area contributed by atoms with E-state index in [1.165, 1.54) is 0 Å². The number of aliphatic hydroxyl groups is 1. The van der Waals surface area contributed by atoms with Gasteiger partial charge in [0.2, 0.25) is 5.95 Å². The maximum absolute atomic E-state index is 9.99. The molecule has 4 rings (SSSR count). The standard InChI is InChI=1S/C23H27N7O2/c1-14(2)19(16-7-5-15(6-8-16)17-9-25-22(24)26-10-17)20-28-21(32-29-20)18-11-27-30(12-18)13-23(3,4)31/h5-12,14,19,31H,13H2,1-4H3,(H2,24,25,26). The van der Waals surface area contributed by atoms with E-state index in [4.69, 9.17) is 10.3 Å². The van der Waals surface area contributed by atoms with E-state index in [-0.39, 0.29) is 17.8 Å². The minimum Gasteiger partial charge on any atom is -0.389 e. The summed E-state index contributed by atoms with van der Waals surface area (Å²) in [6.07, 6.45) is 6.88. The predicted octanol–water partition coefficient (Wildman–Crippen LogP) is 3.53. The minimum atomic E-state index is -0.864. The van der Waals surface area contributed by atoms with Gasteiger partial charge in [-0.1, -0.05) is 43.3 Å². The fraction of sp³-hybridized carbons (Fsp3) is 0.348. The van der Waals surface area contributed by atoms with E-state index in [9.17, 15) is 5.11 Å². The molecule has 32 heavy (non-hydrogen) atoms. The monoisotopic (exact) mass is 433 g/mol. The van der Waals surface area contributed by atoms with E-state index in [0.717, 1.165) is 16.7 Å². The van der Waals surface area contributed by atoms with Gasteiger partial charge in [-0.3, -0.25) is 4.68 Å². The van der Waals surface area contributed by atoms with Crippen LogP contribution < -0.4 is 5.73 Å². The third-order valence-electron chi connectivity index (χ3n) is 5.09. The van der Waals surface area contributed by atoms with E-state index >= 15 is 0 Å². The lowest BCUT2D eigenvalue weighted by molar-refractivity contribution is 0.0577. The zero-order chi connectivity index (χ0) is 22.9. The molecule has 0 radical (unpaired) electrons. The van der Waals surface area contributed by atoms with Crippen molar-refractivity contribution in [2.24, 2.45) is 5.92 Å². The van der Waals surface area contributed by atoms with E-state index in [1.54, 1.807) is 43.3 Å². The molecule has 4 aromatic rings. The zero-order valence-electron chi connectivity index (χ0n) is 18.6. The molecule has 0 saturated carbocycles. The molecule has 0 amide bonds. The van der Waals surface area contributed by atoms with Crippen LogP contribution in [0.1, 0.15) is 45.0 Å². The van der Waals surface area contributed by atoms with Gasteiger partial charge in [0.05, 0.1) is 23.9 Å². The van der Waals surface area contributed by atoms with Crippen LogP contribution in [0, 0.1) is 5.92 Å². The quantitative estimate of drug-likeness (QED) is 0.453. The first-order valence-corrected chi connectivity index (χ1v) is 10.5. The Morgan fingerprint density at radius 1 is 1.03 bits per heavy atom. The first-order chi connectivity index (χ1) is 15.2. The Morgan fingerprint density at radius 2 is 1.72 bits per heavy atom. The van der Waals surface area contributed by atoms with Crippen LogP contribution in [0.15, 0.2) is 53.6 Å². The van der Waals surface area contributed by atoms with Crippen molar-refractivity contribution in [1.82, 2.24) is 29.9 Å². The lowest BCUT2D eigenvalue weighted by Crippen LogP contribution is -2.26. The summed E-state index contributed by atoms with van der Waals surface area (Å²) < 4.78 is 7.21. The first kappa shape index (κ1) is 21.6. The van der Waals surface area contributed by atoms with Crippen LogP contribution in [0.4, 0.5) is 5.95 Å². The van der Waals surface area contributed by atoms with Gasteiger partial charge in [0.1, 0.15) is 0 Å². The second kappa shape index (κ2) is 8.51. The van der Waals surface area contributed by atoms with E-state index < -0.39 is 5.60 Å². The summed E-state index contributed by atoms with van der Waals surface area (Å²) in [5, 5.41) is 18.5. The van der Waals surface area contributed by atoms with E-state index in [2.05, 4.69) is 51.2 Å². The molecule has 1 atom stereocenters. The summed E-state index contributed by atoms with van der Waals surface area (Å²) in [7, 11) is 0. The third kappa shape index (κ3) is 4.83. The molecule has 0 saturated heterocycles. The Kier molecular flexibility index (Phi) is 5.75. The number of benzene rings is 1. The predicted molar refractivity (Wildman–Crippen MR) is 120 cm³/mol. The van der Waals surface area contributed by atoms with Gasteiger partial charge in [-0.15, -0.1) is 0 Å². The number of aromatic nitrogens is 6. The average Bonchev–Trinajstić information content (AvgIpc) is 3.38. The fourth-order valence-corrected chi connectivity index (χ4v) is 3.64. The van der Waals surface area contributed by atoms with Crippen molar-refractivity contribution >= 4 is 5.95 Å². The van der Waals surface area contributed by atoms with Crippen LogP contribution in [0.3, 0.4) is 0 Å².